The third-order valence-corrected chi connectivity index (χ3v) is 5.54. The fourth-order valence-corrected chi connectivity index (χ4v) is 4.03. The van der Waals surface area contributed by atoms with Crippen LogP contribution in [-0.4, -0.2) is 34.9 Å². The largest absolute Gasteiger partial charge is 0.348 e. The Morgan fingerprint density at radius 3 is 2.73 bits per heavy atom. The maximum Gasteiger partial charge on any atom is 0.178 e. The third kappa shape index (κ3) is 3.33. The SMILES string of the molecule is Cc1cc(C(=O)CN2CCCC2)c(C)n1CCc1cccs1. The molecule has 0 atom stereocenters. The molecule has 0 spiro atoms. The van der Waals surface area contributed by atoms with Gasteiger partial charge in [-0.15, -0.1) is 11.3 Å². The van der Waals surface area contributed by atoms with Crippen molar-refractivity contribution in [1.29, 1.82) is 0 Å². The second-order valence-electron chi connectivity index (χ2n) is 6.17. The van der Waals surface area contributed by atoms with E-state index >= 15 is 0 Å². The summed E-state index contributed by atoms with van der Waals surface area (Å²) in [4.78, 5) is 16.2. The highest BCUT2D eigenvalue weighted by Gasteiger charge is 2.20. The van der Waals surface area contributed by atoms with Gasteiger partial charge in [0.05, 0.1) is 6.54 Å². The summed E-state index contributed by atoms with van der Waals surface area (Å²) in [6, 6.07) is 6.35. The molecule has 0 radical (unpaired) electrons. The van der Waals surface area contributed by atoms with Gasteiger partial charge < -0.3 is 4.57 Å². The van der Waals surface area contributed by atoms with Crippen molar-refractivity contribution in [2.24, 2.45) is 0 Å². The Hall–Kier alpha value is -1.39. The maximum absolute atomic E-state index is 12.6. The van der Waals surface area contributed by atoms with Crippen LogP contribution in [0.25, 0.3) is 0 Å². The molecule has 1 fully saturated rings. The summed E-state index contributed by atoms with van der Waals surface area (Å²) in [6.45, 7) is 7.86. The lowest BCUT2D eigenvalue weighted by molar-refractivity contribution is 0.0944. The molecular weight excluding hydrogens is 292 g/mol. The Balaban J connectivity index is 1.69. The predicted molar refractivity (Wildman–Crippen MR) is 91.9 cm³/mol. The van der Waals surface area contributed by atoms with Crippen LogP contribution >= 0.6 is 11.3 Å². The van der Waals surface area contributed by atoms with Crippen LogP contribution in [0, 0.1) is 13.8 Å². The Morgan fingerprint density at radius 1 is 1.27 bits per heavy atom. The van der Waals surface area contributed by atoms with Gasteiger partial charge in [-0.05, 0) is 63.7 Å². The summed E-state index contributed by atoms with van der Waals surface area (Å²) >= 11 is 1.80. The molecule has 118 valence electrons. The van der Waals surface area contributed by atoms with Crippen LogP contribution in [0.2, 0.25) is 0 Å². The first-order chi connectivity index (χ1) is 10.6. The number of Topliss-reactive ketones (excluding diaryl/α,β-unsaturated/α-hetero) is 1. The minimum atomic E-state index is 0.275. The van der Waals surface area contributed by atoms with Crippen molar-refractivity contribution < 1.29 is 4.79 Å². The highest BCUT2D eigenvalue weighted by molar-refractivity contribution is 7.09. The molecule has 2 aromatic heterocycles. The van der Waals surface area contributed by atoms with Gasteiger partial charge in [-0.2, -0.15) is 0 Å². The second-order valence-corrected chi connectivity index (χ2v) is 7.20. The number of rotatable bonds is 6. The molecule has 2 aromatic rings. The van der Waals surface area contributed by atoms with E-state index in [4.69, 9.17) is 0 Å². The Morgan fingerprint density at radius 2 is 2.05 bits per heavy atom. The molecular formula is C18H24N2OS. The first kappa shape index (κ1) is 15.5. The van der Waals surface area contributed by atoms with Crippen LogP contribution in [0.15, 0.2) is 23.6 Å². The normalized spacial score (nSPS) is 15.5. The zero-order valence-corrected chi connectivity index (χ0v) is 14.3. The van der Waals surface area contributed by atoms with Crippen LogP contribution < -0.4 is 0 Å². The van der Waals surface area contributed by atoms with Gasteiger partial charge in [-0.25, -0.2) is 0 Å². The number of nitrogens with zero attached hydrogens (tertiary/aromatic N) is 2. The highest BCUT2D eigenvalue weighted by atomic mass is 32.1. The summed E-state index contributed by atoms with van der Waals surface area (Å²) < 4.78 is 2.29. The highest BCUT2D eigenvalue weighted by Crippen LogP contribution is 2.19. The van der Waals surface area contributed by atoms with Crippen LogP contribution in [0.5, 0.6) is 0 Å². The monoisotopic (exact) mass is 316 g/mol. The zero-order valence-electron chi connectivity index (χ0n) is 13.5. The first-order valence-electron chi connectivity index (χ1n) is 8.10. The number of hydrogen-bond acceptors (Lipinski definition) is 3. The van der Waals surface area contributed by atoms with E-state index in [1.165, 1.54) is 23.4 Å². The standard InChI is InChI=1S/C18H24N2OS/c1-14-12-17(18(21)13-19-8-3-4-9-19)15(2)20(14)10-7-16-6-5-11-22-16/h5-6,11-12H,3-4,7-10,13H2,1-2H3. The summed E-state index contributed by atoms with van der Waals surface area (Å²) in [5.74, 6) is 0.275. The van der Waals surface area contributed by atoms with Gasteiger partial charge >= 0.3 is 0 Å². The Labute approximate surface area is 136 Å². The zero-order chi connectivity index (χ0) is 15.5. The lowest BCUT2D eigenvalue weighted by atomic mass is 10.1. The van der Waals surface area contributed by atoms with Gasteiger partial charge in [-0.3, -0.25) is 9.69 Å². The minimum absolute atomic E-state index is 0.275. The molecule has 0 N–H and O–H groups in total. The third-order valence-electron chi connectivity index (χ3n) is 4.60. The van der Waals surface area contributed by atoms with Crippen molar-refractivity contribution in [3.63, 3.8) is 0 Å². The van der Waals surface area contributed by atoms with E-state index in [-0.39, 0.29) is 5.78 Å². The molecule has 0 aliphatic carbocycles. The topological polar surface area (TPSA) is 25.2 Å². The molecule has 4 heteroatoms. The molecule has 0 bridgehead atoms. The predicted octanol–water partition coefficient (Wildman–Crippen LogP) is 3.69. The molecule has 0 aromatic carbocycles. The fourth-order valence-electron chi connectivity index (χ4n) is 3.33. The molecule has 0 unspecified atom stereocenters. The smallest absolute Gasteiger partial charge is 0.178 e. The van der Waals surface area contributed by atoms with Gasteiger partial charge in [0, 0.05) is 28.4 Å². The van der Waals surface area contributed by atoms with Crippen LogP contribution in [0.4, 0.5) is 0 Å². The first-order valence-corrected chi connectivity index (χ1v) is 8.98. The number of carbonyl (C=O) groups is 1. The molecule has 1 aliphatic heterocycles. The number of aromatic nitrogens is 1. The van der Waals surface area contributed by atoms with Crippen molar-refractivity contribution in [3.05, 3.63) is 45.4 Å². The number of likely N-dealkylation sites (tertiary alicyclic amines) is 1. The van der Waals surface area contributed by atoms with Gasteiger partial charge in [0.15, 0.2) is 5.78 Å². The van der Waals surface area contributed by atoms with E-state index in [9.17, 15) is 4.79 Å². The fraction of sp³-hybridized carbons (Fsp3) is 0.500. The van der Waals surface area contributed by atoms with E-state index < -0.39 is 0 Å². The lowest BCUT2D eigenvalue weighted by Gasteiger charge is -2.13. The van der Waals surface area contributed by atoms with Crippen molar-refractivity contribution in [1.82, 2.24) is 9.47 Å². The summed E-state index contributed by atoms with van der Waals surface area (Å²) in [7, 11) is 0. The summed E-state index contributed by atoms with van der Waals surface area (Å²) in [5, 5.41) is 2.12. The quantitative estimate of drug-likeness (QED) is 0.760. The lowest BCUT2D eigenvalue weighted by Crippen LogP contribution is -2.27. The summed E-state index contributed by atoms with van der Waals surface area (Å²) in [5.41, 5.74) is 3.23. The van der Waals surface area contributed by atoms with Gasteiger partial charge in [-0.1, -0.05) is 6.07 Å². The molecule has 1 saturated heterocycles. The number of carbonyl (C=O) groups excluding carboxylic acids is 1. The summed E-state index contributed by atoms with van der Waals surface area (Å²) in [6.07, 6.45) is 3.49. The number of ketones is 1. The van der Waals surface area contributed by atoms with Crippen molar-refractivity contribution in [2.45, 2.75) is 39.7 Å². The van der Waals surface area contributed by atoms with E-state index in [0.29, 0.717) is 6.54 Å². The van der Waals surface area contributed by atoms with Crippen molar-refractivity contribution >= 4 is 17.1 Å². The molecule has 3 heterocycles. The number of thiophene rings is 1. The Kier molecular flexibility index (Phi) is 4.79. The van der Waals surface area contributed by atoms with Crippen molar-refractivity contribution in [3.8, 4) is 0 Å². The average Bonchev–Trinajstić information content (AvgIpc) is 3.21. The van der Waals surface area contributed by atoms with E-state index in [0.717, 1.165) is 37.3 Å². The van der Waals surface area contributed by atoms with E-state index in [1.54, 1.807) is 11.3 Å². The van der Waals surface area contributed by atoms with Gasteiger partial charge in [0.2, 0.25) is 0 Å². The van der Waals surface area contributed by atoms with Crippen LogP contribution in [0.3, 0.4) is 0 Å². The second kappa shape index (κ2) is 6.80. The number of aryl methyl sites for hydroxylation is 2. The van der Waals surface area contributed by atoms with Crippen LogP contribution in [-0.2, 0) is 13.0 Å². The van der Waals surface area contributed by atoms with Gasteiger partial charge in [0.1, 0.15) is 0 Å². The molecule has 1 aliphatic rings. The number of hydrogen-bond donors (Lipinski definition) is 0. The van der Waals surface area contributed by atoms with Gasteiger partial charge in [0.25, 0.3) is 0 Å². The van der Waals surface area contributed by atoms with Crippen molar-refractivity contribution in [2.75, 3.05) is 19.6 Å². The van der Waals surface area contributed by atoms with E-state index in [2.05, 4.69) is 46.9 Å². The van der Waals surface area contributed by atoms with Crippen LogP contribution in [0.1, 0.15) is 39.5 Å². The molecule has 3 rings (SSSR count). The molecule has 3 nitrogen and oxygen atoms in total. The molecule has 22 heavy (non-hydrogen) atoms. The minimum Gasteiger partial charge on any atom is -0.348 e. The molecule has 0 saturated carbocycles. The molecule has 0 amide bonds. The van der Waals surface area contributed by atoms with E-state index in [1.807, 2.05) is 0 Å². The Bertz CT molecular complexity index is 636. The average molecular weight is 316 g/mol. The maximum atomic E-state index is 12.6.